The number of carbonyl (C=O) groups excluding carboxylic acids is 2. The van der Waals surface area contributed by atoms with Gasteiger partial charge in [-0.15, -0.1) is 0 Å². The van der Waals surface area contributed by atoms with Gasteiger partial charge in [0.2, 0.25) is 0 Å². The number of carbonyl (C=O) groups is 2. The summed E-state index contributed by atoms with van der Waals surface area (Å²) in [6.45, 7) is 0.122. The summed E-state index contributed by atoms with van der Waals surface area (Å²) in [6.07, 6.45) is 1.07. The number of ketones is 2. The minimum atomic E-state index is -0.235. The first-order valence-corrected chi connectivity index (χ1v) is 2.27. The fourth-order valence-corrected chi connectivity index (χ4v) is 0.515. The molecule has 0 atom stereocenters. The first kappa shape index (κ1) is 5.44. The molecule has 0 aliphatic carbocycles. The molecule has 0 aromatic heterocycles. The van der Waals surface area contributed by atoms with Crippen molar-refractivity contribution in [1.29, 1.82) is 0 Å². The zero-order valence-corrected chi connectivity index (χ0v) is 4.22. The van der Waals surface area contributed by atoms with E-state index >= 15 is 0 Å². The lowest BCUT2D eigenvalue weighted by atomic mass is 10.2. The second kappa shape index (κ2) is 2.05. The molecule has 0 N–H and O–H groups in total. The maximum Gasteiger partial charge on any atom is 0.170 e. The third kappa shape index (κ3) is 1.13. The SMILES string of the molecule is O=C1[CH]C(=O)COC1. The molecule has 1 aliphatic heterocycles. The van der Waals surface area contributed by atoms with Gasteiger partial charge in [-0.2, -0.15) is 0 Å². The van der Waals surface area contributed by atoms with Crippen molar-refractivity contribution in [3.8, 4) is 0 Å². The number of hydrogen-bond donors (Lipinski definition) is 0. The summed E-state index contributed by atoms with van der Waals surface area (Å²) >= 11 is 0. The molecular weight excluding hydrogens is 108 g/mol. The van der Waals surface area contributed by atoms with Crippen molar-refractivity contribution >= 4 is 11.6 Å². The molecule has 1 fully saturated rings. The fourth-order valence-electron chi connectivity index (χ4n) is 0.515. The van der Waals surface area contributed by atoms with Gasteiger partial charge < -0.3 is 4.74 Å². The van der Waals surface area contributed by atoms with Crippen molar-refractivity contribution in [1.82, 2.24) is 0 Å². The predicted octanol–water partition coefficient (Wildman–Crippen LogP) is -0.641. The number of Topliss-reactive ketones (excluding diaryl/α,β-unsaturated/α-hetero) is 2. The van der Waals surface area contributed by atoms with Crippen LogP contribution in [0, 0.1) is 6.42 Å². The maximum atomic E-state index is 10.3. The van der Waals surface area contributed by atoms with E-state index < -0.39 is 0 Å². The van der Waals surface area contributed by atoms with Crippen LogP contribution < -0.4 is 0 Å². The van der Waals surface area contributed by atoms with Crippen LogP contribution in [0.3, 0.4) is 0 Å². The van der Waals surface area contributed by atoms with Gasteiger partial charge in [-0.05, 0) is 0 Å². The molecular formula is C5H5O3. The lowest BCUT2D eigenvalue weighted by molar-refractivity contribution is -0.133. The van der Waals surface area contributed by atoms with E-state index in [1.54, 1.807) is 0 Å². The van der Waals surface area contributed by atoms with Gasteiger partial charge in [0, 0.05) is 0 Å². The fraction of sp³-hybridized carbons (Fsp3) is 0.400. The minimum Gasteiger partial charge on any atom is -0.366 e. The topological polar surface area (TPSA) is 43.4 Å². The van der Waals surface area contributed by atoms with Crippen molar-refractivity contribution in [2.75, 3.05) is 13.2 Å². The van der Waals surface area contributed by atoms with Crippen LogP contribution in [-0.4, -0.2) is 24.8 Å². The highest BCUT2D eigenvalue weighted by molar-refractivity contribution is 6.12. The Morgan fingerprint density at radius 2 is 1.75 bits per heavy atom. The van der Waals surface area contributed by atoms with Crippen LogP contribution in [0.15, 0.2) is 0 Å². The third-order valence-corrected chi connectivity index (χ3v) is 0.811. The Bertz CT molecular complexity index is 114. The van der Waals surface area contributed by atoms with Crippen molar-refractivity contribution in [2.24, 2.45) is 0 Å². The van der Waals surface area contributed by atoms with Gasteiger partial charge >= 0.3 is 0 Å². The summed E-state index contributed by atoms with van der Waals surface area (Å²) < 4.78 is 4.56. The minimum absolute atomic E-state index is 0.0612. The van der Waals surface area contributed by atoms with E-state index in [0.717, 1.165) is 6.42 Å². The largest absolute Gasteiger partial charge is 0.366 e. The molecule has 1 saturated heterocycles. The van der Waals surface area contributed by atoms with E-state index in [-0.39, 0.29) is 24.8 Å². The van der Waals surface area contributed by atoms with Crippen LogP contribution in [0.25, 0.3) is 0 Å². The second-order valence-electron chi connectivity index (χ2n) is 1.57. The molecule has 0 unspecified atom stereocenters. The molecule has 1 radical (unpaired) electrons. The lowest BCUT2D eigenvalue weighted by Crippen LogP contribution is -2.25. The van der Waals surface area contributed by atoms with E-state index in [1.807, 2.05) is 0 Å². The summed E-state index contributed by atoms with van der Waals surface area (Å²) in [5.74, 6) is -0.470. The molecule has 0 aromatic carbocycles. The summed E-state index contributed by atoms with van der Waals surface area (Å²) in [5.41, 5.74) is 0. The highest BCUT2D eigenvalue weighted by Crippen LogP contribution is 1.93. The first-order valence-electron chi connectivity index (χ1n) is 2.27. The van der Waals surface area contributed by atoms with Crippen molar-refractivity contribution in [3.63, 3.8) is 0 Å². The van der Waals surface area contributed by atoms with E-state index in [2.05, 4.69) is 4.74 Å². The molecule has 1 heterocycles. The van der Waals surface area contributed by atoms with Crippen LogP contribution >= 0.6 is 0 Å². The van der Waals surface area contributed by atoms with Crippen LogP contribution in [0.1, 0.15) is 0 Å². The number of rotatable bonds is 0. The van der Waals surface area contributed by atoms with Crippen LogP contribution in [-0.2, 0) is 14.3 Å². The molecule has 0 aromatic rings. The first-order chi connectivity index (χ1) is 3.79. The van der Waals surface area contributed by atoms with E-state index in [0.29, 0.717) is 0 Å². The summed E-state index contributed by atoms with van der Waals surface area (Å²) in [7, 11) is 0. The quantitative estimate of drug-likeness (QED) is 0.419. The number of hydrogen-bond acceptors (Lipinski definition) is 3. The molecule has 0 saturated carbocycles. The Hall–Kier alpha value is -0.700. The molecule has 8 heavy (non-hydrogen) atoms. The Labute approximate surface area is 46.6 Å². The number of ether oxygens (including phenoxy) is 1. The average Bonchev–Trinajstić information content (AvgIpc) is 1.64. The third-order valence-electron chi connectivity index (χ3n) is 0.811. The van der Waals surface area contributed by atoms with Gasteiger partial charge in [0.1, 0.15) is 13.2 Å². The highest BCUT2D eigenvalue weighted by atomic mass is 16.5. The highest BCUT2D eigenvalue weighted by Gasteiger charge is 2.15. The van der Waals surface area contributed by atoms with Gasteiger partial charge in [-0.25, -0.2) is 0 Å². The summed E-state index contributed by atoms with van der Waals surface area (Å²) in [4.78, 5) is 20.5. The molecule has 0 bridgehead atoms. The predicted molar refractivity (Wildman–Crippen MR) is 25.1 cm³/mol. The van der Waals surface area contributed by atoms with E-state index in [4.69, 9.17) is 0 Å². The zero-order valence-electron chi connectivity index (χ0n) is 4.22. The normalized spacial score (nSPS) is 21.5. The summed E-state index contributed by atoms with van der Waals surface area (Å²) in [6, 6.07) is 0. The van der Waals surface area contributed by atoms with Crippen molar-refractivity contribution in [3.05, 3.63) is 6.42 Å². The van der Waals surface area contributed by atoms with Gasteiger partial charge in [-0.1, -0.05) is 0 Å². The molecule has 1 aliphatic rings. The summed E-state index contributed by atoms with van der Waals surface area (Å²) in [5, 5.41) is 0. The Morgan fingerprint density at radius 1 is 1.25 bits per heavy atom. The smallest absolute Gasteiger partial charge is 0.170 e. The van der Waals surface area contributed by atoms with Crippen molar-refractivity contribution in [2.45, 2.75) is 0 Å². The Balaban J connectivity index is 2.45. The average molecular weight is 113 g/mol. The van der Waals surface area contributed by atoms with Gasteiger partial charge in [0.25, 0.3) is 0 Å². The maximum absolute atomic E-state index is 10.3. The lowest BCUT2D eigenvalue weighted by Gasteiger charge is -2.06. The molecule has 3 nitrogen and oxygen atoms in total. The molecule has 3 heteroatoms. The van der Waals surface area contributed by atoms with Crippen LogP contribution in [0.5, 0.6) is 0 Å². The monoisotopic (exact) mass is 113 g/mol. The standard InChI is InChI=1S/C5H5O3/c6-4-1-5(7)3-8-2-4/h1H,2-3H2. The van der Waals surface area contributed by atoms with E-state index in [1.165, 1.54) is 0 Å². The van der Waals surface area contributed by atoms with E-state index in [9.17, 15) is 9.59 Å². The van der Waals surface area contributed by atoms with Gasteiger partial charge in [0.05, 0.1) is 6.42 Å². The molecule has 0 amide bonds. The van der Waals surface area contributed by atoms with Gasteiger partial charge in [-0.3, -0.25) is 9.59 Å². The zero-order chi connectivity index (χ0) is 5.98. The van der Waals surface area contributed by atoms with Gasteiger partial charge in [0.15, 0.2) is 11.6 Å². The second-order valence-corrected chi connectivity index (χ2v) is 1.57. The van der Waals surface area contributed by atoms with Crippen molar-refractivity contribution < 1.29 is 14.3 Å². The van der Waals surface area contributed by atoms with Crippen LogP contribution in [0.4, 0.5) is 0 Å². The Morgan fingerprint density at radius 3 is 2.00 bits per heavy atom. The molecule has 43 valence electrons. The van der Waals surface area contributed by atoms with Crippen LogP contribution in [0.2, 0.25) is 0 Å². The molecule has 1 rings (SSSR count). The Kier molecular flexibility index (Phi) is 1.39. The molecule has 0 spiro atoms.